The van der Waals surface area contributed by atoms with Gasteiger partial charge in [-0.3, -0.25) is 9.59 Å². The van der Waals surface area contributed by atoms with Crippen LogP contribution in [0.4, 0.5) is 5.69 Å². The van der Waals surface area contributed by atoms with Crippen molar-refractivity contribution in [3.63, 3.8) is 0 Å². The van der Waals surface area contributed by atoms with E-state index >= 15 is 0 Å². The molecule has 1 fully saturated rings. The molecule has 3 aromatic rings. The van der Waals surface area contributed by atoms with E-state index in [1.54, 1.807) is 36.1 Å². The molecule has 28 heavy (non-hydrogen) atoms. The van der Waals surface area contributed by atoms with Crippen molar-refractivity contribution in [1.82, 2.24) is 4.98 Å². The Kier molecular flexibility index (Phi) is 4.93. The van der Waals surface area contributed by atoms with Gasteiger partial charge in [0.1, 0.15) is 11.5 Å². The summed E-state index contributed by atoms with van der Waals surface area (Å²) in [5, 5.41) is 0. The normalized spacial score (nSPS) is 13.8. The van der Waals surface area contributed by atoms with E-state index in [2.05, 4.69) is 4.98 Å². The van der Waals surface area contributed by atoms with E-state index in [1.807, 2.05) is 30.3 Å². The van der Waals surface area contributed by atoms with Crippen LogP contribution in [0.3, 0.4) is 0 Å². The molecule has 0 spiro atoms. The lowest BCUT2D eigenvalue weighted by Gasteiger charge is -2.15. The van der Waals surface area contributed by atoms with E-state index in [-0.39, 0.29) is 12.3 Å². The minimum absolute atomic E-state index is 0.0224. The van der Waals surface area contributed by atoms with Crippen molar-refractivity contribution in [3.8, 4) is 17.2 Å². The Morgan fingerprint density at radius 2 is 1.89 bits per heavy atom. The Labute approximate surface area is 162 Å². The lowest BCUT2D eigenvalue weighted by atomic mass is 10.2. The highest BCUT2D eigenvalue weighted by Gasteiger charge is 2.21. The summed E-state index contributed by atoms with van der Waals surface area (Å²) < 4.78 is 11.1. The first-order valence-corrected chi connectivity index (χ1v) is 9.23. The molecular weight excluding hydrogens is 356 g/mol. The lowest BCUT2D eigenvalue weighted by molar-refractivity contribution is -0.133. The fourth-order valence-electron chi connectivity index (χ4n) is 3.22. The molecule has 0 saturated carbocycles. The van der Waals surface area contributed by atoms with Crippen LogP contribution in [-0.2, 0) is 16.0 Å². The van der Waals surface area contributed by atoms with Crippen LogP contribution in [0.1, 0.15) is 24.3 Å². The Bertz CT molecular complexity index is 993. The number of rotatable bonds is 5. The fourth-order valence-corrected chi connectivity index (χ4v) is 3.22. The molecule has 0 atom stereocenters. The maximum atomic E-state index is 12.3. The van der Waals surface area contributed by atoms with Gasteiger partial charge in [0.2, 0.25) is 11.8 Å². The summed E-state index contributed by atoms with van der Waals surface area (Å²) in [6.45, 7) is 2.51. The van der Waals surface area contributed by atoms with Gasteiger partial charge in [0.25, 0.3) is 0 Å². The second-order valence-corrected chi connectivity index (χ2v) is 6.68. The van der Waals surface area contributed by atoms with Crippen LogP contribution in [0, 0.1) is 6.92 Å². The molecule has 1 aliphatic rings. The number of hydrogen-bond donors (Lipinski definition) is 0. The van der Waals surface area contributed by atoms with Gasteiger partial charge in [-0.05, 0) is 49.7 Å². The number of ether oxygens (including phenoxy) is 1. The van der Waals surface area contributed by atoms with Gasteiger partial charge in [0, 0.05) is 24.2 Å². The quantitative estimate of drug-likeness (QED) is 0.498. The van der Waals surface area contributed by atoms with Crippen molar-refractivity contribution in [2.45, 2.75) is 26.2 Å². The summed E-state index contributed by atoms with van der Waals surface area (Å²) >= 11 is 0. The minimum Gasteiger partial charge on any atom is -0.441 e. The fraction of sp³-hybridized carbons (Fsp3) is 0.227. The van der Waals surface area contributed by atoms with E-state index in [9.17, 15) is 9.59 Å². The largest absolute Gasteiger partial charge is 0.441 e. The Hall–Kier alpha value is -3.41. The summed E-state index contributed by atoms with van der Waals surface area (Å²) in [7, 11) is 0. The molecule has 6 nitrogen and oxygen atoms in total. The highest BCUT2D eigenvalue weighted by atomic mass is 16.5. The van der Waals surface area contributed by atoms with Gasteiger partial charge in [-0.1, -0.05) is 18.2 Å². The molecule has 4 rings (SSSR count). The monoisotopic (exact) mass is 376 g/mol. The SMILES string of the molecule is Cc1oc(-c2ccccc2)nc1CC(=O)Oc1ccc(N2CCCC2=O)cc1. The van der Waals surface area contributed by atoms with Gasteiger partial charge in [-0.25, -0.2) is 4.98 Å². The molecule has 142 valence electrons. The molecule has 1 aromatic heterocycles. The van der Waals surface area contributed by atoms with Crippen LogP contribution < -0.4 is 9.64 Å². The number of carbonyl (C=O) groups excluding carboxylic acids is 2. The standard InChI is InChI=1S/C22H20N2O4/c1-15-19(23-22(27-15)16-6-3-2-4-7-16)14-21(26)28-18-11-9-17(10-12-18)24-13-5-8-20(24)25/h2-4,6-7,9-12H,5,8,13-14H2,1H3. The van der Waals surface area contributed by atoms with E-state index in [0.717, 1.165) is 24.2 Å². The zero-order chi connectivity index (χ0) is 19.5. The number of aromatic nitrogens is 1. The highest BCUT2D eigenvalue weighted by Crippen LogP contribution is 2.25. The number of benzene rings is 2. The molecule has 1 saturated heterocycles. The van der Waals surface area contributed by atoms with Crippen molar-refractivity contribution >= 4 is 17.6 Å². The van der Waals surface area contributed by atoms with Gasteiger partial charge in [-0.15, -0.1) is 0 Å². The maximum absolute atomic E-state index is 12.3. The molecular formula is C22H20N2O4. The smallest absolute Gasteiger partial charge is 0.317 e. The number of aryl methyl sites for hydroxylation is 1. The molecule has 0 N–H and O–H groups in total. The molecule has 1 aliphatic heterocycles. The van der Waals surface area contributed by atoms with Gasteiger partial charge < -0.3 is 14.1 Å². The Balaban J connectivity index is 1.41. The summed E-state index contributed by atoms with van der Waals surface area (Å²) in [6, 6.07) is 16.5. The summed E-state index contributed by atoms with van der Waals surface area (Å²) in [5.41, 5.74) is 2.24. The molecule has 0 bridgehead atoms. The molecule has 0 radical (unpaired) electrons. The molecule has 2 aromatic carbocycles. The number of hydrogen-bond acceptors (Lipinski definition) is 5. The second-order valence-electron chi connectivity index (χ2n) is 6.68. The van der Waals surface area contributed by atoms with Gasteiger partial charge in [0.05, 0.1) is 12.1 Å². The topological polar surface area (TPSA) is 72.6 Å². The number of oxazole rings is 1. The van der Waals surface area contributed by atoms with E-state index in [4.69, 9.17) is 9.15 Å². The number of carbonyl (C=O) groups is 2. The molecule has 0 aliphatic carbocycles. The van der Waals surface area contributed by atoms with Crippen LogP contribution in [0.15, 0.2) is 59.0 Å². The van der Waals surface area contributed by atoms with E-state index < -0.39 is 5.97 Å². The molecule has 6 heteroatoms. The number of esters is 1. The number of nitrogens with zero attached hydrogens (tertiary/aromatic N) is 2. The number of anilines is 1. The van der Waals surface area contributed by atoms with Crippen LogP contribution in [0.2, 0.25) is 0 Å². The van der Waals surface area contributed by atoms with Gasteiger partial charge in [-0.2, -0.15) is 0 Å². The van der Waals surface area contributed by atoms with E-state index in [1.165, 1.54) is 0 Å². The first-order chi connectivity index (χ1) is 13.6. The average molecular weight is 376 g/mol. The molecule has 2 heterocycles. The van der Waals surface area contributed by atoms with Gasteiger partial charge in [0.15, 0.2) is 0 Å². The van der Waals surface area contributed by atoms with Crippen LogP contribution in [-0.4, -0.2) is 23.4 Å². The third-order valence-corrected chi connectivity index (χ3v) is 4.68. The first-order valence-electron chi connectivity index (χ1n) is 9.23. The minimum atomic E-state index is -0.416. The molecule has 1 amide bonds. The summed E-state index contributed by atoms with van der Waals surface area (Å²) in [4.78, 5) is 30.3. The van der Waals surface area contributed by atoms with Crippen LogP contribution in [0.25, 0.3) is 11.5 Å². The third-order valence-electron chi connectivity index (χ3n) is 4.68. The highest BCUT2D eigenvalue weighted by molar-refractivity contribution is 5.95. The van der Waals surface area contributed by atoms with Crippen molar-refractivity contribution < 1.29 is 18.7 Å². The summed E-state index contributed by atoms with van der Waals surface area (Å²) in [5.74, 6) is 1.23. The maximum Gasteiger partial charge on any atom is 0.317 e. The van der Waals surface area contributed by atoms with E-state index in [0.29, 0.717) is 29.5 Å². The predicted molar refractivity (Wildman–Crippen MR) is 104 cm³/mol. The lowest BCUT2D eigenvalue weighted by Crippen LogP contribution is -2.23. The van der Waals surface area contributed by atoms with Crippen LogP contribution in [0.5, 0.6) is 5.75 Å². The Morgan fingerprint density at radius 1 is 1.14 bits per heavy atom. The van der Waals surface area contributed by atoms with Crippen molar-refractivity contribution in [2.24, 2.45) is 0 Å². The predicted octanol–water partition coefficient (Wildman–Crippen LogP) is 3.92. The first kappa shape index (κ1) is 18.0. The average Bonchev–Trinajstić information content (AvgIpc) is 3.29. The zero-order valence-corrected chi connectivity index (χ0v) is 15.6. The summed E-state index contributed by atoms with van der Waals surface area (Å²) in [6.07, 6.45) is 1.48. The zero-order valence-electron chi connectivity index (χ0n) is 15.6. The third kappa shape index (κ3) is 3.81. The van der Waals surface area contributed by atoms with Crippen molar-refractivity contribution in [1.29, 1.82) is 0 Å². The van der Waals surface area contributed by atoms with Crippen LogP contribution >= 0.6 is 0 Å². The van der Waals surface area contributed by atoms with Gasteiger partial charge >= 0.3 is 5.97 Å². The van der Waals surface area contributed by atoms with Crippen molar-refractivity contribution in [3.05, 3.63) is 66.1 Å². The number of amides is 1. The van der Waals surface area contributed by atoms with Crippen molar-refractivity contribution in [2.75, 3.05) is 11.4 Å². The molecule has 0 unspecified atom stereocenters. The Morgan fingerprint density at radius 3 is 2.57 bits per heavy atom. The second kappa shape index (κ2) is 7.68.